The lowest BCUT2D eigenvalue weighted by Crippen LogP contribution is -2.26. The number of rotatable bonds is 6. The quantitative estimate of drug-likeness (QED) is 0.717. The summed E-state index contributed by atoms with van der Waals surface area (Å²) in [5.41, 5.74) is 1.92. The zero-order valence-corrected chi connectivity index (χ0v) is 15.9. The first-order valence-electron chi connectivity index (χ1n) is 7.88. The van der Waals surface area contributed by atoms with E-state index in [2.05, 4.69) is 14.8 Å². The monoisotopic (exact) mass is 376 g/mol. The maximum absolute atomic E-state index is 12.6. The minimum atomic E-state index is -3.64. The Morgan fingerprint density at radius 3 is 2.60 bits per heavy atom. The van der Waals surface area contributed by atoms with Crippen LogP contribution in [0, 0.1) is 13.8 Å². The molecule has 0 aliphatic heterocycles. The smallest absolute Gasteiger partial charge is 0.244 e. The van der Waals surface area contributed by atoms with Gasteiger partial charge in [0.25, 0.3) is 0 Å². The molecule has 3 aromatic rings. The lowest BCUT2D eigenvalue weighted by atomic mass is 10.2. The van der Waals surface area contributed by atoms with Gasteiger partial charge in [-0.2, -0.15) is 5.10 Å². The molecule has 1 N–H and O–H groups in total. The molecule has 0 amide bonds. The second-order valence-electron chi connectivity index (χ2n) is 5.88. The SMILES string of the molecule is Cc1nc(C)c(C(C)NS(=O)(=O)c2cnn(Cc3ccccc3)c2)s1. The van der Waals surface area contributed by atoms with E-state index in [1.54, 1.807) is 10.9 Å². The number of aryl methyl sites for hydroxylation is 2. The molecule has 0 bridgehead atoms. The van der Waals surface area contributed by atoms with Crippen molar-refractivity contribution in [2.24, 2.45) is 0 Å². The van der Waals surface area contributed by atoms with Crippen molar-refractivity contribution in [1.29, 1.82) is 0 Å². The van der Waals surface area contributed by atoms with E-state index < -0.39 is 10.0 Å². The highest BCUT2D eigenvalue weighted by Crippen LogP contribution is 2.25. The number of thiazole rings is 1. The van der Waals surface area contributed by atoms with Gasteiger partial charge in [-0.1, -0.05) is 30.3 Å². The number of nitrogens with zero attached hydrogens (tertiary/aromatic N) is 3. The number of hydrogen-bond donors (Lipinski definition) is 1. The molecule has 0 fully saturated rings. The summed E-state index contributed by atoms with van der Waals surface area (Å²) >= 11 is 1.51. The van der Waals surface area contributed by atoms with Gasteiger partial charge < -0.3 is 0 Å². The molecule has 132 valence electrons. The van der Waals surface area contributed by atoms with Crippen molar-refractivity contribution in [1.82, 2.24) is 19.5 Å². The standard InChI is InChI=1S/C17H20N4O2S2/c1-12-17(24-14(3)19-12)13(2)20-25(22,23)16-9-18-21(11-16)10-15-7-5-4-6-8-15/h4-9,11,13,20H,10H2,1-3H3. The van der Waals surface area contributed by atoms with E-state index in [0.29, 0.717) is 6.54 Å². The molecular weight excluding hydrogens is 356 g/mol. The molecule has 0 radical (unpaired) electrons. The van der Waals surface area contributed by atoms with Gasteiger partial charge in [-0.3, -0.25) is 4.68 Å². The number of aromatic nitrogens is 3. The molecule has 1 aromatic carbocycles. The molecule has 2 aromatic heterocycles. The molecule has 25 heavy (non-hydrogen) atoms. The Balaban J connectivity index is 1.75. The van der Waals surface area contributed by atoms with Crippen LogP contribution in [0.1, 0.15) is 34.1 Å². The second-order valence-corrected chi connectivity index (χ2v) is 8.83. The first-order chi connectivity index (χ1) is 11.8. The Morgan fingerprint density at radius 2 is 1.96 bits per heavy atom. The van der Waals surface area contributed by atoms with Crippen LogP contribution in [-0.2, 0) is 16.6 Å². The molecule has 0 saturated carbocycles. The van der Waals surface area contributed by atoms with E-state index >= 15 is 0 Å². The largest absolute Gasteiger partial charge is 0.267 e. The van der Waals surface area contributed by atoms with Crippen molar-refractivity contribution < 1.29 is 8.42 Å². The maximum atomic E-state index is 12.6. The van der Waals surface area contributed by atoms with E-state index in [0.717, 1.165) is 21.1 Å². The molecule has 6 nitrogen and oxygen atoms in total. The minimum absolute atomic E-state index is 0.161. The van der Waals surface area contributed by atoms with Crippen LogP contribution in [0.3, 0.4) is 0 Å². The molecule has 0 saturated heterocycles. The predicted octanol–water partition coefficient (Wildman–Crippen LogP) is 3.04. The molecule has 0 spiro atoms. The van der Waals surface area contributed by atoms with Crippen LogP contribution in [-0.4, -0.2) is 23.2 Å². The number of sulfonamides is 1. The maximum Gasteiger partial charge on any atom is 0.244 e. The van der Waals surface area contributed by atoms with Gasteiger partial charge in [0.15, 0.2) is 0 Å². The zero-order chi connectivity index (χ0) is 18.0. The molecule has 0 aliphatic carbocycles. The molecule has 2 heterocycles. The number of nitrogens with one attached hydrogen (secondary N) is 1. The van der Waals surface area contributed by atoms with Crippen molar-refractivity contribution in [3.05, 3.63) is 63.9 Å². The molecule has 3 rings (SSSR count). The van der Waals surface area contributed by atoms with Crippen LogP contribution < -0.4 is 4.72 Å². The summed E-state index contributed by atoms with van der Waals surface area (Å²) in [7, 11) is -3.64. The molecule has 0 aliphatic rings. The highest BCUT2D eigenvalue weighted by molar-refractivity contribution is 7.89. The van der Waals surface area contributed by atoms with Gasteiger partial charge in [0.1, 0.15) is 4.90 Å². The van der Waals surface area contributed by atoms with E-state index in [4.69, 9.17) is 0 Å². The predicted molar refractivity (Wildman–Crippen MR) is 98.1 cm³/mol. The summed E-state index contributed by atoms with van der Waals surface area (Å²) in [5.74, 6) is 0. The van der Waals surface area contributed by atoms with E-state index in [9.17, 15) is 8.42 Å². The van der Waals surface area contributed by atoms with Crippen LogP contribution in [0.5, 0.6) is 0 Å². The molecule has 1 atom stereocenters. The second kappa shape index (κ2) is 7.07. The van der Waals surface area contributed by atoms with E-state index in [1.165, 1.54) is 17.5 Å². The lowest BCUT2D eigenvalue weighted by Gasteiger charge is -2.12. The fourth-order valence-corrected chi connectivity index (χ4v) is 4.81. The van der Waals surface area contributed by atoms with Crippen molar-refractivity contribution in [3.8, 4) is 0 Å². The van der Waals surface area contributed by atoms with Crippen LogP contribution in [0.15, 0.2) is 47.6 Å². The Bertz CT molecular complexity index is 962. The summed E-state index contributed by atoms with van der Waals surface area (Å²) in [5, 5.41) is 5.09. The van der Waals surface area contributed by atoms with Crippen LogP contribution in [0.25, 0.3) is 0 Å². The highest BCUT2D eigenvalue weighted by atomic mass is 32.2. The third-order valence-electron chi connectivity index (χ3n) is 3.77. The summed E-state index contributed by atoms with van der Waals surface area (Å²) in [6.45, 7) is 6.16. The van der Waals surface area contributed by atoms with Crippen molar-refractivity contribution in [3.63, 3.8) is 0 Å². The van der Waals surface area contributed by atoms with Gasteiger partial charge in [-0.05, 0) is 26.3 Å². The van der Waals surface area contributed by atoms with Crippen molar-refractivity contribution in [2.75, 3.05) is 0 Å². The normalized spacial score (nSPS) is 13.1. The third-order valence-corrected chi connectivity index (χ3v) is 6.52. The zero-order valence-electron chi connectivity index (χ0n) is 14.3. The Kier molecular flexibility index (Phi) is 5.03. The van der Waals surface area contributed by atoms with Gasteiger partial charge in [-0.15, -0.1) is 11.3 Å². The average Bonchev–Trinajstić information content (AvgIpc) is 3.15. The summed E-state index contributed by atoms with van der Waals surface area (Å²) in [6, 6.07) is 9.44. The first-order valence-corrected chi connectivity index (χ1v) is 10.2. The van der Waals surface area contributed by atoms with Gasteiger partial charge in [-0.25, -0.2) is 18.1 Å². The molecule has 1 unspecified atom stereocenters. The Morgan fingerprint density at radius 1 is 1.24 bits per heavy atom. The molecule has 8 heteroatoms. The average molecular weight is 377 g/mol. The topological polar surface area (TPSA) is 76.9 Å². The highest BCUT2D eigenvalue weighted by Gasteiger charge is 2.22. The van der Waals surface area contributed by atoms with Gasteiger partial charge in [0.05, 0.1) is 29.5 Å². The Labute approximate surface area is 151 Å². The first kappa shape index (κ1) is 17.8. The fraction of sp³-hybridized carbons (Fsp3) is 0.294. The summed E-state index contributed by atoms with van der Waals surface area (Å²) < 4.78 is 29.6. The van der Waals surface area contributed by atoms with Crippen molar-refractivity contribution >= 4 is 21.4 Å². The van der Waals surface area contributed by atoms with E-state index in [1.807, 2.05) is 51.1 Å². The van der Waals surface area contributed by atoms with E-state index in [-0.39, 0.29) is 10.9 Å². The van der Waals surface area contributed by atoms with Gasteiger partial charge in [0.2, 0.25) is 10.0 Å². The van der Waals surface area contributed by atoms with Gasteiger partial charge in [0, 0.05) is 11.1 Å². The number of benzene rings is 1. The Hall–Kier alpha value is -2.03. The van der Waals surface area contributed by atoms with Crippen LogP contribution in [0.4, 0.5) is 0 Å². The summed E-state index contributed by atoms with van der Waals surface area (Å²) in [6.07, 6.45) is 2.93. The fourth-order valence-electron chi connectivity index (χ4n) is 2.64. The van der Waals surface area contributed by atoms with Crippen molar-refractivity contribution in [2.45, 2.75) is 38.3 Å². The third kappa shape index (κ3) is 4.15. The van der Waals surface area contributed by atoms with Crippen LogP contribution >= 0.6 is 11.3 Å². The van der Waals surface area contributed by atoms with Crippen LogP contribution in [0.2, 0.25) is 0 Å². The van der Waals surface area contributed by atoms with Gasteiger partial charge >= 0.3 is 0 Å². The number of hydrogen-bond acceptors (Lipinski definition) is 5. The lowest BCUT2D eigenvalue weighted by molar-refractivity contribution is 0.567. The summed E-state index contributed by atoms with van der Waals surface area (Å²) in [4.78, 5) is 5.44. The molecular formula is C17H20N4O2S2. The minimum Gasteiger partial charge on any atom is -0.267 e.